The van der Waals surface area contributed by atoms with Gasteiger partial charge in [-0.25, -0.2) is 4.68 Å². The van der Waals surface area contributed by atoms with Gasteiger partial charge >= 0.3 is 0 Å². The number of primary amides is 1. The summed E-state index contributed by atoms with van der Waals surface area (Å²) in [4.78, 5) is 11.4. The Balaban J connectivity index is 1.37. The van der Waals surface area contributed by atoms with Gasteiger partial charge in [0.05, 0.1) is 5.69 Å². The summed E-state index contributed by atoms with van der Waals surface area (Å²) in [7, 11) is 0. The van der Waals surface area contributed by atoms with Crippen molar-refractivity contribution in [2.24, 2.45) is 5.73 Å². The van der Waals surface area contributed by atoms with E-state index in [2.05, 4.69) is 63.6 Å². The maximum absolute atomic E-state index is 11.4. The number of nitrogens with zero attached hydrogens (tertiary/aromatic N) is 3. The van der Waals surface area contributed by atoms with E-state index < -0.39 is 5.91 Å². The molecule has 1 aliphatic heterocycles. The van der Waals surface area contributed by atoms with E-state index >= 15 is 0 Å². The lowest BCUT2D eigenvalue weighted by atomic mass is 9.91. The van der Waals surface area contributed by atoms with Gasteiger partial charge in [-0.05, 0) is 73.7 Å². The SMILES string of the molecule is Cc1cc(C(N)=O)nn1-c1ccc2c(ccn2Cc2ccc([C@@H]3CCCNC3)cc2)c1. The Morgan fingerprint density at radius 1 is 1.16 bits per heavy atom. The number of fused-ring (bicyclic) bond motifs is 1. The van der Waals surface area contributed by atoms with Crippen LogP contribution in [0.1, 0.15) is 46.1 Å². The van der Waals surface area contributed by atoms with Crippen LogP contribution < -0.4 is 11.1 Å². The number of hydrogen-bond donors (Lipinski definition) is 2. The Bertz CT molecular complexity index is 1230. The minimum absolute atomic E-state index is 0.280. The predicted molar refractivity (Wildman–Crippen MR) is 123 cm³/mol. The summed E-state index contributed by atoms with van der Waals surface area (Å²) in [6.45, 7) is 4.98. The molecule has 1 aliphatic rings. The first kappa shape index (κ1) is 19.6. The van der Waals surface area contributed by atoms with Crippen molar-refractivity contribution >= 4 is 16.8 Å². The number of piperidine rings is 1. The average Bonchev–Trinajstić information content (AvgIpc) is 3.38. The number of aromatic nitrogens is 3. The molecule has 0 spiro atoms. The van der Waals surface area contributed by atoms with E-state index in [0.29, 0.717) is 5.92 Å². The van der Waals surface area contributed by atoms with Gasteiger partial charge in [0.1, 0.15) is 0 Å². The van der Waals surface area contributed by atoms with E-state index in [-0.39, 0.29) is 5.69 Å². The number of carbonyl (C=O) groups excluding carboxylic acids is 1. The predicted octanol–water partition coefficient (Wildman–Crippen LogP) is 3.75. The van der Waals surface area contributed by atoms with E-state index in [1.54, 1.807) is 10.7 Å². The minimum atomic E-state index is -0.514. The topological polar surface area (TPSA) is 77.9 Å². The molecule has 1 atom stereocenters. The third-order valence-electron chi connectivity index (χ3n) is 6.24. The van der Waals surface area contributed by atoms with Crippen molar-refractivity contribution in [3.8, 4) is 5.69 Å². The monoisotopic (exact) mass is 413 g/mol. The van der Waals surface area contributed by atoms with Crippen molar-refractivity contribution in [2.75, 3.05) is 13.1 Å². The molecule has 1 amide bonds. The minimum Gasteiger partial charge on any atom is -0.364 e. The van der Waals surface area contributed by atoms with Crippen LogP contribution >= 0.6 is 0 Å². The maximum Gasteiger partial charge on any atom is 0.269 e. The summed E-state index contributed by atoms with van der Waals surface area (Å²) in [6, 6.07) is 19.1. The van der Waals surface area contributed by atoms with Crippen molar-refractivity contribution in [1.29, 1.82) is 0 Å². The normalized spacial score (nSPS) is 16.6. The summed E-state index contributed by atoms with van der Waals surface area (Å²) in [5.74, 6) is 0.120. The molecule has 0 unspecified atom stereocenters. The van der Waals surface area contributed by atoms with Gasteiger partial charge in [-0.15, -0.1) is 0 Å². The molecule has 0 radical (unpaired) electrons. The molecule has 158 valence electrons. The van der Waals surface area contributed by atoms with Crippen molar-refractivity contribution < 1.29 is 4.79 Å². The Kier molecular flexibility index (Phi) is 5.08. The molecule has 31 heavy (non-hydrogen) atoms. The van der Waals surface area contributed by atoms with Gasteiger partial charge in [-0.2, -0.15) is 5.10 Å². The second kappa shape index (κ2) is 8.04. The quantitative estimate of drug-likeness (QED) is 0.523. The molecule has 0 aliphatic carbocycles. The Labute approximate surface area is 181 Å². The molecule has 6 heteroatoms. The molecule has 2 aromatic heterocycles. The molecule has 2 aromatic carbocycles. The number of hydrogen-bond acceptors (Lipinski definition) is 3. The van der Waals surface area contributed by atoms with Crippen LogP contribution in [0.5, 0.6) is 0 Å². The van der Waals surface area contributed by atoms with E-state index in [4.69, 9.17) is 5.73 Å². The molecule has 0 bridgehead atoms. The van der Waals surface area contributed by atoms with Crippen molar-refractivity contribution in [2.45, 2.75) is 32.2 Å². The van der Waals surface area contributed by atoms with E-state index in [1.807, 2.05) is 13.0 Å². The third kappa shape index (κ3) is 3.86. The fraction of sp³-hybridized carbons (Fsp3) is 0.280. The zero-order valence-corrected chi connectivity index (χ0v) is 17.7. The van der Waals surface area contributed by atoms with Gasteiger partial charge in [-0.3, -0.25) is 4.79 Å². The summed E-state index contributed by atoms with van der Waals surface area (Å²) in [5, 5.41) is 8.97. The first-order chi connectivity index (χ1) is 15.1. The van der Waals surface area contributed by atoms with Crippen LogP contribution in [0.15, 0.2) is 60.8 Å². The molecular weight excluding hydrogens is 386 g/mol. The zero-order chi connectivity index (χ0) is 21.4. The fourth-order valence-electron chi connectivity index (χ4n) is 4.54. The molecule has 1 fully saturated rings. The molecule has 5 rings (SSSR count). The van der Waals surface area contributed by atoms with Crippen molar-refractivity contribution in [3.05, 3.63) is 83.3 Å². The molecule has 3 N–H and O–H groups in total. The first-order valence-corrected chi connectivity index (χ1v) is 10.8. The smallest absolute Gasteiger partial charge is 0.269 e. The zero-order valence-electron chi connectivity index (χ0n) is 17.7. The standard InChI is InChI=1S/C25H27N5O/c1-17-13-23(25(26)31)28-30(17)22-8-9-24-20(14-22)10-12-29(24)16-18-4-6-19(7-5-18)21-3-2-11-27-15-21/h4-10,12-14,21,27H,2-3,11,15-16H2,1H3,(H2,26,31)/t21-/m1/s1. The molecule has 0 saturated carbocycles. The van der Waals surface area contributed by atoms with E-state index in [1.165, 1.54) is 29.5 Å². The van der Waals surface area contributed by atoms with Crippen LogP contribution in [0, 0.1) is 6.92 Å². The maximum atomic E-state index is 11.4. The number of carbonyl (C=O) groups is 1. The third-order valence-corrected chi connectivity index (χ3v) is 6.24. The summed E-state index contributed by atoms with van der Waals surface area (Å²) >= 11 is 0. The Morgan fingerprint density at radius 3 is 2.71 bits per heavy atom. The summed E-state index contributed by atoms with van der Waals surface area (Å²) in [5.41, 5.74) is 11.3. The highest BCUT2D eigenvalue weighted by Crippen LogP contribution is 2.25. The van der Waals surface area contributed by atoms with Crippen LogP contribution in [0.3, 0.4) is 0 Å². The lowest BCUT2D eigenvalue weighted by Gasteiger charge is -2.23. The first-order valence-electron chi connectivity index (χ1n) is 10.8. The number of rotatable bonds is 5. The summed E-state index contributed by atoms with van der Waals surface area (Å²) in [6.07, 6.45) is 4.65. The lowest BCUT2D eigenvalue weighted by Crippen LogP contribution is -2.28. The van der Waals surface area contributed by atoms with Crippen molar-refractivity contribution in [1.82, 2.24) is 19.7 Å². The van der Waals surface area contributed by atoms with E-state index in [0.717, 1.165) is 36.4 Å². The number of nitrogens with two attached hydrogens (primary N) is 1. The van der Waals surface area contributed by atoms with Gasteiger partial charge < -0.3 is 15.6 Å². The molecule has 1 saturated heterocycles. The molecule has 3 heterocycles. The molecule has 4 aromatic rings. The number of nitrogens with one attached hydrogen (secondary N) is 1. The second-order valence-electron chi connectivity index (χ2n) is 8.42. The van der Waals surface area contributed by atoms with Crippen LogP contribution in [0.4, 0.5) is 0 Å². The van der Waals surface area contributed by atoms with Crippen LogP contribution in [0.2, 0.25) is 0 Å². The number of amides is 1. The van der Waals surface area contributed by atoms with Crippen molar-refractivity contribution in [3.63, 3.8) is 0 Å². The van der Waals surface area contributed by atoms with Gasteiger partial charge in [0.2, 0.25) is 0 Å². The van der Waals surface area contributed by atoms with Gasteiger partial charge in [0, 0.05) is 35.9 Å². The highest BCUT2D eigenvalue weighted by molar-refractivity contribution is 5.91. The van der Waals surface area contributed by atoms with Gasteiger partial charge in [-0.1, -0.05) is 24.3 Å². The Hall–Kier alpha value is -3.38. The van der Waals surface area contributed by atoms with Crippen LogP contribution in [-0.4, -0.2) is 33.3 Å². The van der Waals surface area contributed by atoms with Gasteiger partial charge in [0.25, 0.3) is 5.91 Å². The lowest BCUT2D eigenvalue weighted by molar-refractivity contribution is 0.0995. The highest BCUT2D eigenvalue weighted by atomic mass is 16.1. The molecule has 6 nitrogen and oxygen atoms in total. The van der Waals surface area contributed by atoms with Gasteiger partial charge in [0.15, 0.2) is 5.69 Å². The number of benzene rings is 2. The number of aryl methyl sites for hydroxylation is 1. The van der Waals surface area contributed by atoms with E-state index in [9.17, 15) is 4.79 Å². The Morgan fingerprint density at radius 2 is 2.00 bits per heavy atom. The largest absolute Gasteiger partial charge is 0.364 e. The molecular formula is C25H27N5O. The van der Waals surface area contributed by atoms with Crippen LogP contribution in [-0.2, 0) is 6.54 Å². The van der Waals surface area contributed by atoms with Crippen LogP contribution in [0.25, 0.3) is 16.6 Å². The summed E-state index contributed by atoms with van der Waals surface area (Å²) < 4.78 is 4.02. The average molecular weight is 414 g/mol. The fourth-order valence-corrected chi connectivity index (χ4v) is 4.54. The second-order valence-corrected chi connectivity index (χ2v) is 8.42. The highest BCUT2D eigenvalue weighted by Gasteiger charge is 2.15.